The molecular formula is C16H16BrFN2. The fourth-order valence-corrected chi connectivity index (χ4v) is 3.49. The summed E-state index contributed by atoms with van der Waals surface area (Å²) in [6.07, 6.45) is 4.96. The Morgan fingerprint density at radius 1 is 1.35 bits per heavy atom. The Balaban J connectivity index is 1.99. The third-order valence-corrected chi connectivity index (χ3v) is 4.71. The highest BCUT2D eigenvalue weighted by Gasteiger charge is 2.28. The average molecular weight is 335 g/mol. The molecule has 1 aromatic carbocycles. The molecule has 0 fully saturated rings. The van der Waals surface area contributed by atoms with Gasteiger partial charge in [-0.2, -0.15) is 0 Å². The Kier molecular flexibility index (Phi) is 3.85. The zero-order chi connectivity index (χ0) is 14.1. The van der Waals surface area contributed by atoms with E-state index in [1.165, 1.54) is 17.7 Å². The SMILES string of the molecule is NC(c1cc(F)ccc1Br)C1CCCc2cccnc21. The summed E-state index contributed by atoms with van der Waals surface area (Å²) in [5.41, 5.74) is 9.57. The van der Waals surface area contributed by atoms with E-state index in [4.69, 9.17) is 5.73 Å². The molecule has 2 nitrogen and oxygen atoms in total. The molecular weight excluding hydrogens is 319 g/mol. The van der Waals surface area contributed by atoms with Crippen molar-refractivity contribution in [2.75, 3.05) is 0 Å². The van der Waals surface area contributed by atoms with Gasteiger partial charge in [0.25, 0.3) is 0 Å². The number of rotatable bonds is 2. The fraction of sp³-hybridized carbons (Fsp3) is 0.312. The van der Waals surface area contributed by atoms with Crippen LogP contribution in [-0.4, -0.2) is 4.98 Å². The van der Waals surface area contributed by atoms with E-state index in [-0.39, 0.29) is 17.8 Å². The van der Waals surface area contributed by atoms with Crippen LogP contribution in [0.4, 0.5) is 4.39 Å². The van der Waals surface area contributed by atoms with Crippen LogP contribution in [0.3, 0.4) is 0 Å². The number of halogens is 2. The normalized spacial score (nSPS) is 19.4. The van der Waals surface area contributed by atoms with Crippen LogP contribution in [0.25, 0.3) is 0 Å². The van der Waals surface area contributed by atoms with E-state index in [1.807, 2.05) is 12.3 Å². The monoisotopic (exact) mass is 334 g/mol. The Hall–Kier alpha value is -1.26. The van der Waals surface area contributed by atoms with E-state index in [0.29, 0.717) is 0 Å². The zero-order valence-corrected chi connectivity index (χ0v) is 12.6. The van der Waals surface area contributed by atoms with Crippen molar-refractivity contribution in [3.63, 3.8) is 0 Å². The number of hydrogen-bond donors (Lipinski definition) is 1. The molecule has 20 heavy (non-hydrogen) atoms. The predicted octanol–water partition coefficient (Wildman–Crippen LogP) is 4.10. The number of pyridine rings is 1. The summed E-state index contributed by atoms with van der Waals surface area (Å²) in [4.78, 5) is 4.51. The molecule has 104 valence electrons. The van der Waals surface area contributed by atoms with Crippen molar-refractivity contribution in [2.45, 2.75) is 31.2 Å². The highest BCUT2D eigenvalue weighted by atomic mass is 79.9. The molecule has 1 aliphatic rings. The van der Waals surface area contributed by atoms with Crippen LogP contribution >= 0.6 is 15.9 Å². The fourth-order valence-electron chi connectivity index (χ4n) is 2.98. The minimum absolute atomic E-state index is 0.151. The molecule has 1 aliphatic carbocycles. The number of nitrogens with zero attached hydrogens (tertiary/aromatic N) is 1. The van der Waals surface area contributed by atoms with Gasteiger partial charge in [-0.15, -0.1) is 0 Å². The summed E-state index contributed by atoms with van der Waals surface area (Å²) in [6.45, 7) is 0. The van der Waals surface area contributed by atoms with Gasteiger partial charge in [-0.05, 0) is 54.7 Å². The van der Waals surface area contributed by atoms with Crippen LogP contribution < -0.4 is 5.73 Å². The lowest BCUT2D eigenvalue weighted by Gasteiger charge is -2.29. The summed E-state index contributed by atoms with van der Waals surface area (Å²) in [6, 6.07) is 8.51. The first-order chi connectivity index (χ1) is 9.66. The second-order valence-corrected chi connectivity index (χ2v) is 6.09. The van der Waals surface area contributed by atoms with Gasteiger partial charge in [0.15, 0.2) is 0 Å². The Morgan fingerprint density at radius 3 is 3.05 bits per heavy atom. The molecule has 1 heterocycles. The van der Waals surface area contributed by atoms with Crippen molar-refractivity contribution in [3.05, 3.63) is 63.6 Å². The largest absolute Gasteiger partial charge is 0.323 e. The maximum absolute atomic E-state index is 13.5. The highest BCUT2D eigenvalue weighted by molar-refractivity contribution is 9.10. The highest BCUT2D eigenvalue weighted by Crippen LogP contribution is 2.39. The number of benzene rings is 1. The van der Waals surface area contributed by atoms with Crippen LogP contribution in [0.2, 0.25) is 0 Å². The van der Waals surface area contributed by atoms with Crippen LogP contribution in [0.1, 0.15) is 41.6 Å². The summed E-state index contributed by atoms with van der Waals surface area (Å²) in [7, 11) is 0. The number of aromatic nitrogens is 1. The second-order valence-electron chi connectivity index (χ2n) is 5.24. The second kappa shape index (κ2) is 5.62. The van der Waals surface area contributed by atoms with E-state index in [0.717, 1.165) is 35.0 Å². The molecule has 0 saturated carbocycles. The molecule has 0 aliphatic heterocycles. The van der Waals surface area contributed by atoms with E-state index in [1.54, 1.807) is 6.07 Å². The van der Waals surface area contributed by atoms with Crippen molar-refractivity contribution >= 4 is 15.9 Å². The molecule has 2 N–H and O–H groups in total. The number of hydrogen-bond acceptors (Lipinski definition) is 2. The summed E-state index contributed by atoms with van der Waals surface area (Å²) >= 11 is 3.47. The first kappa shape index (κ1) is 13.7. The quantitative estimate of drug-likeness (QED) is 0.897. The van der Waals surface area contributed by atoms with E-state index < -0.39 is 0 Å². The molecule has 0 amide bonds. The van der Waals surface area contributed by atoms with Crippen molar-refractivity contribution in [2.24, 2.45) is 5.73 Å². The molecule has 2 unspecified atom stereocenters. The van der Waals surface area contributed by atoms with Gasteiger partial charge in [-0.3, -0.25) is 4.98 Å². The summed E-state index contributed by atoms with van der Waals surface area (Å²) < 4.78 is 14.3. The molecule has 4 heteroatoms. The van der Waals surface area contributed by atoms with Crippen molar-refractivity contribution in [1.82, 2.24) is 4.98 Å². The molecule has 0 spiro atoms. The Morgan fingerprint density at radius 2 is 2.20 bits per heavy atom. The zero-order valence-electron chi connectivity index (χ0n) is 11.0. The lowest BCUT2D eigenvalue weighted by atomic mass is 9.80. The minimum Gasteiger partial charge on any atom is -0.323 e. The van der Waals surface area contributed by atoms with Gasteiger partial charge in [0.2, 0.25) is 0 Å². The molecule has 2 aromatic rings. The van der Waals surface area contributed by atoms with Crippen LogP contribution in [0, 0.1) is 5.82 Å². The van der Waals surface area contributed by atoms with Gasteiger partial charge in [-0.25, -0.2) is 4.39 Å². The summed E-state index contributed by atoms with van der Waals surface area (Å²) in [5, 5.41) is 0. The Labute approximate surface area is 126 Å². The van der Waals surface area contributed by atoms with Crippen LogP contribution in [0.15, 0.2) is 41.0 Å². The van der Waals surface area contributed by atoms with Crippen molar-refractivity contribution in [3.8, 4) is 0 Å². The molecule has 0 saturated heterocycles. The predicted molar refractivity (Wildman–Crippen MR) is 80.9 cm³/mol. The average Bonchev–Trinajstić information content (AvgIpc) is 2.48. The molecule has 1 aromatic heterocycles. The van der Waals surface area contributed by atoms with Gasteiger partial charge in [0.1, 0.15) is 5.82 Å². The van der Waals surface area contributed by atoms with Gasteiger partial charge >= 0.3 is 0 Å². The maximum atomic E-state index is 13.5. The van der Waals surface area contributed by atoms with E-state index in [2.05, 4.69) is 27.0 Å². The third-order valence-electron chi connectivity index (χ3n) is 3.99. The van der Waals surface area contributed by atoms with Crippen molar-refractivity contribution < 1.29 is 4.39 Å². The maximum Gasteiger partial charge on any atom is 0.123 e. The Bertz CT molecular complexity index is 630. The van der Waals surface area contributed by atoms with Gasteiger partial charge in [0.05, 0.1) is 0 Å². The first-order valence-electron chi connectivity index (χ1n) is 6.81. The topological polar surface area (TPSA) is 38.9 Å². The molecule has 2 atom stereocenters. The van der Waals surface area contributed by atoms with Gasteiger partial charge in [0, 0.05) is 28.3 Å². The van der Waals surface area contributed by atoms with Crippen LogP contribution in [0.5, 0.6) is 0 Å². The van der Waals surface area contributed by atoms with Crippen LogP contribution in [-0.2, 0) is 6.42 Å². The van der Waals surface area contributed by atoms with Gasteiger partial charge < -0.3 is 5.73 Å². The number of fused-ring (bicyclic) bond motifs is 1. The standard InChI is InChI=1S/C16H16BrFN2/c17-14-7-6-11(18)9-13(14)15(19)12-5-1-3-10-4-2-8-20-16(10)12/h2,4,6-9,12,15H,1,3,5,19H2. The third kappa shape index (κ3) is 2.50. The minimum atomic E-state index is -0.254. The lowest BCUT2D eigenvalue weighted by molar-refractivity contribution is 0.460. The lowest BCUT2D eigenvalue weighted by Crippen LogP contribution is -2.25. The first-order valence-corrected chi connectivity index (χ1v) is 7.60. The molecule has 0 radical (unpaired) electrons. The smallest absolute Gasteiger partial charge is 0.123 e. The number of aryl methyl sites for hydroxylation is 1. The molecule has 3 rings (SSSR count). The van der Waals surface area contributed by atoms with Crippen molar-refractivity contribution in [1.29, 1.82) is 0 Å². The van der Waals surface area contributed by atoms with Gasteiger partial charge in [-0.1, -0.05) is 22.0 Å². The van der Waals surface area contributed by atoms with E-state index >= 15 is 0 Å². The summed E-state index contributed by atoms with van der Waals surface area (Å²) in [5.74, 6) is -0.103. The molecule has 0 bridgehead atoms. The number of nitrogens with two attached hydrogens (primary N) is 1. The van der Waals surface area contributed by atoms with E-state index in [9.17, 15) is 4.39 Å².